The molecule has 140 valence electrons. The van der Waals surface area contributed by atoms with E-state index in [9.17, 15) is 9.59 Å². The highest BCUT2D eigenvalue weighted by molar-refractivity contribution is 6.30. The molecule has 0 radical (unpaired) electrons. The molecule has 0 aromatic heterocycles. The molecule has 4 nitrogen and oxygen atoms in total. The zero-order chi connectivity index (χ0) is 18.9. The second kappa shape index (κ2) is 7.07. The minimum Gasteiger partial charge on any atom is -0.452 e. The predicted molar refractivity (Wildman–Crippen MR) is 103 cm³/mol. The third kappa shape index (κ3) is 4.47. The number of esters is 1. The topological polar surface area (TPSA) is 46.6 Å². The van der Waals surface area contributed by atoms with Crippen LogP contribution in [-0.2, 0) is 14.3 Å². The van der Waals surface area contributed by atoms with Crippen LogP contribution in [0, 0.1) is 10.8 Å². The fourth-order valence-electron chi connectivity index (χ4n) is 4.75. The quantitative estimate of drug-likeness (QED) is 0.581. The number of amides is 1. The van der Waals surface area contributed by atoms with Crippen molar-refractivity contribution in [3.8, 4) is 0 Å². The number of fused-ring (bicyclic) bond motifs is 2. The van der Waals surface area contributed by atoms with Gasteiger partial charge in [0.25, 0.3) is 5.91 Å². The molecule has 1 heterocycles. The Bertz CT molecular complexity index is 725. The van der Waals surface area contributed by atoms with Crippen molar-refractivity contribution >= 4 is 29.6 Å². The summed E-state index contributed by atoms with van der Waals surface area (Å²) in [4.78, 5) is 26.4. The molecule has 1 amide bonds. The van der Waals surface area contributed by atoms with Crippen molar-refractivity contribution in [1.29, 1.82) is 0 Å². The second-order valence-corrected chi connectivity index (χ2v) is 9.16. The lowest BCUT2D eigenvalue weighted by Crippen LogP contribution is -2.39. The summed E-state index contributed by atoms with van der Waals surface area (Å²) >= 11 is 5.83. The van der Waals surface area contributed by atoms with E-state index in [2.05, 4.69) is 20.8 Å². The number of carbonyl (C=O) groups excluding carboxylic acids is 2. The Labute approximate surface area is 160 Å². The first-order valence-electron chi connectivity index (χ1n) is 9.06. The molecule has 5 heteroatoms. The normalized spacial score (nSPS) is 26.9. The van der Waals surface area contributed by atoms with E-state index in [0.717, 1.165) is 31.4 Å². The van der Waals surface area contributed by atoms with Crippen LogP contribution >= 0.6 is 11.6 Å². The average Bonchev–Trinajstić information content (AvgIpc) is 2.81. The lowest BCUT2D eigenvalue weighted by atomic mass is 9.65. The van der Waals surface area contributed by atoms with Gasteiger partial charge in [-0.05, 0) is 53.9 Å². The van der Waals surface area contributed by atoms with Gasteiger partial charge in [-0.1, -0.05) is 44.5 Å². The molecule has 1 aliphatic carbocycles. The maximum atomic E-state index is 12.6. The molecule has 1 saturated carbocycles. The van der Waals surface area contributed by atoms with Crippen LogP contribution in [0.1, 0.15) is 45.6 Å². The highest BCUT2D eigenvalue weighted by Gasteiger charge is 2.50. The number of rotatable bonds is 4. The third-order valence-electron chi connectivity index (χ3n) is 5.35. The van der Waals surface area contributed by atoms with E-state index in [4.69, 9.17) is 16.3 Å². The first-order chi connectivity index (χ1) is 12.2. The van der Waals surface area contributed by atoms with E-state index < -0.39 is 5.97 Å². The van der Waals surface area contributed by atoms with Crippen molar-refractivity contribution in [3.63, 3.8) is 0 Å². The summed E-state index contributed by atoms with van der Waals surface area (Å²) in [5.74, 6) is -0.605. The minimum atomic E-state index is -0.512. The Morgan fingerprint density at radius 1 is 1.23 bits per heavy atom. The number of likely N-dealkylation sites (tertiary alicyclic amines) is 1. The summed E-state index contributed by atoms with van der Waals surface area (Å²) < 4.78 is 5.15. The summed E-state index contributed by atoms with van der Waals surface area (Å²) in [6, 6.07) is 7.39. The Hall–Kier alpha value is -1.81. The van der Waals surface area contributed by atoms with Crippen LogP contribution in [0.3, 0.4) is 0 Å². The van der Waals surface area contributed by atoms with Gasteiger partial charge in [0.2, 0.25) is 0 Å². The highest BCUT2D eigenvalue weighted by Crippen LogP contribution is 2.52. The molecule has 0 N–H and O–H groups in total. The van der Waals surface area contributed by atoms with Gasteiger partial charge in [0, 0.05) is 23.7 Å². The first-order valence-corrected chi connectivity index (χ1v) is 9.44. The second-order valence-electron chi connectivity index (χ2n) is 8.73. The SMILES string of the molecule is CC1(C)C[C@H]2C[C@](C)(CN2C(=O)COC(=O)/C=C/c2ccc(Cl)cc2)C1. The molecule has 2 fully saturated rings. The zero-order valence-corrected chi connectivity index (χ0v) is 16.4. The number of benzene rings is 1. The molecule has 2 bridgehead atoms. The maximum Gasteiger partial charge on any atom is 0.331 e. The van der Waals surface area contributed by atoms with Crippen LogP contribution in [0.5, 0.6) is 0 Å². The van der Waals surface area contributed by atoms with Crippen LogP contribution in [0.15, 0.2) is 30.3 Å². The lowest BCUT2D eigenvalue weighted by Gasteiger charge is -2.39. The summed E-state index contributed by atoms with van der Waals surface area (Å²) in [6.45, 7) is 7.36. The van der Waals surface area contributed by atoms with Gasteiger partial charge in [-0.15, -0.1) is 0 Å². The van der Waals surface area contributed by atoms with Crippen molar-refractivity contribution in [2.75, 3.05) is 13.2 Å². The molecule has 26 heavy (non-hydrogen) atoms. The van der Waals surface area contributed by atoms with E-state index in [0.29, 0.717) is 5.02 Å². The Kier molecular flexibility index (Phi) is 5.16. The van der Waals surface area contributed by atoms with Gasteiger partial charge in [0.05, 0.1) is 0 Å². The molecule has 1 aliphatic heterocycles. The average molecular weight is 376 g/mol. The number of hydrogen-bond donors (Lipinski definition) is 0. The van der Waals surface area contributed by atoms with Crippen molar-refractivity contribution in [3.05, 3.63) is 40.9 Å². The zero-order valence-electron chi connectivity index (χ0n) is 15.6. The van der Waals surface area contributed by atoms with Crippen LogP contribution in [0.2, 0.25) is 5.02 Å². The van der Waals surface area contributed by atoms with Crippen LogP contribution in [-0.4, -0.2) is 36.0 Å². The van der Waals surface area contributed by atoms with Gasteiger partial charge in [-0.3, -0.25) is 4.79 Å². The number of nitrogens with zero attached hydrogens (tertiary/aromatic N) is 1. The largest absolute Gasteiger partial charge is 0.452 e. The van der Waals surface area contributed by atoms with Crippen molar-refractivity contribution < 1.29 is 14.3 Å². The number of ether oxygens (including phenoxy) is 1. The van der Waals surface area contributed by atoms with Crippen LogP contribution in [0.4, 0.5) is 0 Å². The molecule has 2 atom stereocenters. The Morgan fingerprint density at radius 3 is 2.62 bits per heavy atom. The molecule has 2 aliphatic rings. The molecule has 0 unspecified atom stereocenters. The smallest absolute Gasteiger partial charge is 0.331 e. The van der Waals surface area contributed by atoms with Crippen molar-refractivity contribution in [2.45, 2.75) is 46.1 Å². The van der Waals surface area contributed by atoms with Gasteiger partial charge in [-0.2, -0.15) is 0 Å². The van der Waals surface area contributed by atoms with Crippen LogP contribution in [0.25, 0.3) is 6.08 Å². The Balaban J connectivity index is 1.52. The van der Waals surface area contributed by atoms with Gasteiger partial charge in [0.15, 0.2) is 6.61 Å². The van der Waals surface area contributed by atoms with Crippen molar-refractivity contribution in [1.82, 2.24) is 4.90 Å². The Morgan fingerprint density at radius 2 is 1.92 bits per heavy atom. The monoisotopic (exact) mass is 375 g/mol. The van der Waals surface area contributed by atoms with Gasteiger partial charge >= 0.3 is 5.97 Å². The van der Waals surface area contributed by atoms with E-state index in [-0.39, 0.29) is 29.4 Å². The molecule has 1 aromatic rings. The summed E-state index contributed by atoms with van der Waals surface area (Å²) in [5, 5.41) is 0.642. The molecule has 0 spiro atoms. The molecule has 3 rings (SSSR count). The molecule has 1 aromatic carbocycles. The fourth-order valence-corrected chi connectivity index (χ4v) is 4.88. The fraction of sp³-hybridized carbons (Fsp3) is 0.524. The van der Waals surface area contributed by atoms with Gasteiger partial charge in [-0.25, -0.2) is 4.79 Å². The number of halogens is 1. The standard InChI is InChI=1S/C21H26ClNO3/c1-20(2)10-17-11-21(3,13-20)14-23(17)18(24)12-26-19(25)9-6-15-4-7-16(22)8-5-15/h4-9,17H,10-14H2,1-3H3/b9-6+/t17-,21-/m0/s1. The predicted octanol–water partition coefficient (Wildman–Crippen LogP) is 4.32. The summed E-state index contributed by atoms with van der Waals surface area (Å²) in [6.07, 6.45) is 6.17. The minimum absolute atomic E-state index is 0.0929. The lowest BCUT2D eigenvalue weighted by molar-refractivity contribution is -0.148. The third-order valence-corrected chi connectivity index (χ3v) is 5.61. The first kappa shape index (κ1) is 19.0. The van der Waals surface area contributed by atoms with Gasteiger partial charge in [0.1, 0.15) is 0 Å². The van der Waals surface area contributed by atoms with E-state index in [1.54, 1.807) is 18.2 Å². The highest BCUT2D eigenvalue weighted by atomic mass is 35.5. The summed E-state index contributed by atoms with van der Waals surface area (Å²) in [7, 11) is 0. The molecule has 1 saturated heterocycles. The molecular formula is C21H26ClNO3. The summed E-state index contributed by atoms with van der Waals surface area (Å²) in [5.41, 5.74) is 1.28. The van der Waals surface area contributed by atoms with Crippen molar-refractivity contribution in [2.24, 2.45) is 10.8 Å². The van der Waals surface area contributed by atoms with Crippen LogP contribution < -0.4 is 0 Å². The number of hydrogen-bond acceptors (Lipinski definition) is 3. The maximum absolute atomic E-state index is 12.6. The molecular weight excluding hydrogens is 350 g/mol. The van der Waals surface area contributed by atoms with E-state index in [1.165, 1.54) is 6.08 Å². The number of carbonyl (C=O) groups is 2. The van der Waals surface area contributed by atoms with Gasteiger partial charge < -0.3 is 9.64 Å². The van der Waals surface area contributed by atoms with E-state index in [1.807, 2.05) is 17.0 Å². The van der Waals surface area contributed by atoms with E-state index >= 15 is 0 Å².